The van der Waals surface area contributed by atoms with E-state index in [4.69, 9.17) is 27.9 Å². The van der Waals surface area contributed by atoms with Crippen LogP contribution in [0.25, 0.3) is 0 Å². The Balaban J connectivity index is 1.74. The molecule has 0 fully saturated rings. The van der Waals surface area contributed by atoms with E-state index in [9.17, 15) is 9.18 Å². The van der Waals surface area contributed by atoms with Crippen molar-refractivity contribution in [3.63, 3.8) is 0 Å². The summed E-state index contributed by atoms with van der Waals surface area (Å²) in [7, 11) is 0. The van der Waals surface area contributed by atoms with Crippen molar-refractivity contribution in [2.75, 3.05) is 13.2 Å². The van der Waals surface area contributed by atoms with E-state index in [2.05, 4.69) is 5.32 Å². The summed E-state index contributed by atoms with van der Waals surface area (Å²) in [4.78, 5) is 11.7. The van der Waals surface area contributed by atoms with Gasteiger partial charge in [-0.05, 0) is 36.2 Å². The van der Waals surface area contributed by atoms with E-state index in [1.807, 2.05) is 0 Å². The Morgan fingerprint density at radius 1 is 1.14 bits per heavy atom. The summed E-state index contributed by atoms with van der Waals surface area (Å²) in [5, 5.41) is 3.37. The van der Waals surface area contributed by atoms with Gasteiger partial charge in [-0.25, -0.2) is 4.39 Å². The predicted molar refractivity (Wildman–Crippen MR) is 85.1 cm³/mol. The van der Waals surface area contributed by atoms with Gasteiger partial charge in [0.1, 0.15) is 16.6 Å². The summed E-state index contributed by atoms with van der Waals surface area (Å²) >= 11 is 11.8. The minimum absolute atomic E-state index is 0.149. The standard InChI is InChI=1S/C16H14Cl2FNO2/c17-13-2-1-3-14(16(13)18)22-10-15(21)20-9-8-11-4-6-12(19)7-5-11/h1-7H,8-10H2,(H,20,21). The molecule has 0 aliphatic heterocycles. The second kappa shape index (κ2) is 8.01. The Morgan fingerprint density at radius 3 is 2.59 bits per heavy atom. The Kier molecular flexibility index (Phi) is 6.04. The molecule has 0 unspecified atom stereocenters. The first-order valence-corrected chi connectivity index (χ1v) is 7.40. The van der Waals surface area contributed by atoms with Crippen LogP contribution in [0.2, 0.25) is 10.0 Å². The Morgan fingerprint density at radius 2 is 1.86 bits per heavy atom. The van der Waals surface area contributed by atoms with Crippen LogP contribution in [0.3, 0.4) is 0 Å². The molecule has 2 aromatic carbocycles. The lowest BCUT2D eigenvalue weighted by Crippen LogP contribution is -2.30. The Labute approximate surface area is 138 Å². The first-order chi connectivity index (χ1) is 10.6. The fourth-order valence-electron chi connectivity index (χ4n) is 1.79. The average molecular weight is 342 g/mol. The highest BCUT2D eigenvalue weighted by molar-refractivity contribution is 6.42. The quantitative estimate of drug-likeness (QED) is 0.866. The van der Waals surface area contributed by atoms with E-state index >= 15 is 0 Å². The minimum atomic E-state index is -0.278. The summed E-state index contributed by atoms with van der Waals surface area (Å²) < 4.78 is 18.1. The molecule has 22 heavy (non-hydrogen) atoms. The van der Waals surface area contributed by atoms with Gasteiger partial charge in [0.25, 0.3) is 5.91 Å². The van der Waals surface area contributed by atoms with Crippen LogP contribution in [0.1, 0.15) is 5.56 Å². The number of ether oxygens (including phenoxy) is 1. The van der Waals surface area contributed by atoms with Gasteiger partial charge in [-0.1, -0.05) is 41.4 Å². The fourth-order valence-corrected chi connectivity index (χ4v) is 2.13. The van der Waals surface area contributed by atoms with Gasteiger partial charge in [0.15, 0.2) is 6.61 Å². The number of halogens is 3. The molecule has 2 aromatic rings. The minimum Gasteiger partial charge on any atom is -0.482 e. The van der Waals surface area contributed by atoms with E-state index in [0.29, 0.717) is 23.7 Å². The second-order valence-corrected chi connectivity index (χ2v) is 5.35. The molecule has 0 aliphatic rings. The van der Waals surface area contributed by atoms with Crippen molar-refractivity contribution in [2.24, 2.45) is 0 Å². The molecule has 0 saturated carbocycles. The summed E-state index contributed by atoms with van der Waals surface area (Å²) in [5.74, 6) is -0.180. The lowest BCUT2D eigenvalue weighted by molar-refractivity contribution is -0.123. The van der Waals surface area contributed by atoms with Gasteiger partial charge in [-0.15, -0.1) is 0 Å². The van der Waals surface area contributed by atoms with Crippen LogP contribution in [-0.2, 0) is 11.2 Å². The monoisotopic (exact) mass is 341 g/mol. The normalized spacial score (nSPS) is 10.3. The topological polar surface area (TPSA) is 38.3 Å². The van der Waals surface area contributed by atoms with Crippen molar-refractivity contribution >= 4 is 29.1 Å². The van der Waals surface area contributed by atoms with Crippen molar-refractivity contribution < 1.29 is 13.9 Å². The molecule has 0 spiro atoms. The van der Waals surface area contributed by atoms with Gasteiger partial charge < -0.3 is 10.1 Å². The third-order valence-electron chi connectivity index (χ3n) is 2.92. The maximum absolute atomic E-state index is 12.8. The highest BCUT2D eigenvalue weighted by Gasteiger charge is 2.08. The number of hydrogen-bond acceptors (Lipinski definition) is 2. The zero-order chi connectivity index (χ0) is 15.9. The van der Waals surface area contributed by atoms with Crippen LogP contribution in [0, 0.1) is 5.82 Å². The van der Waals surface area contributed by atoms with Crippen LogP contribution in [0.4, 0.5) is 4.39 Å². The molecule has 116 valence electrons. The van der Waals surface area contributed by atoms with Crippen LogP contribution in [-0.4, -0.2) is 19.1 Å². The van der Waals surface area contributed by atoms with Gasteiger partial charge in [-0.3, -0.25) is 4.79 Å². The maximum atomic E-state index is 12.8. The molecule has 0 radical (unpaired) electrons. The Hall–Kier alpha value is -1.78. The van der Waals surface area contributed by atoms with E-state index in [-0.39, 0.29) is 23.4 Å². The van der Waals surface area contributed by atoms with Crippen molar-refractivity contribution in [1.29, 1.82) is 0 Å². The van der Waals surface area contributed by atoms with Crippen molar-refractivity contribution in [3.8, 4) is 5.75 Å². The number of amides is 1. The molecule has 0 saturated heterocycles. The molecule has 3 nitrogen and oxygen atoms in total. The molecule has 0 aromatic heterocycles. The molecule has 0 bridgehead atoms. The zero-order valence-electron chi connectivity index (χ0n) is 11.6. The first kappa shape index (κ1) is 16.6. The molecular formula is C16H14Cl2FNO2. The Bertz CT molecular complexity index is 647. The molecule has 0 aliphatic carbocycles. The number of benzene rings is 2. The summed E-state index contributed by atoms with van der Waals surface area (Å²) in [6, 6.07) is 11.1. The van der Waals surface area contributed by atoms with Gasteiger partial charge in [0.2, 0.25) is 0 Å². The van der Waals surface area contributed by atoms with Crippen LogP contribution >= 0.6 is 23.2 Å². The van der Waals surface area contributed by atoms with Crippen molar-refractivity contribution in [2.45, 2.75) is 6.42 Å². The second-order valence-electron chi connectivity index (χ2n) is 4.57. The molecule has 2 rings (SSSR count). The van der Waals surface area contributed by atoms with E-state index < -0.39 is 0 Å². The van der Waals surface area contributed by atoms with Crippen LogP contribution in [0.15, 0.2) is 42.5 Å². The van der Waals surface area contributed by atoms with E-state index in [1.165, 1.54) is 12.1 Å². The summed E-state index contributed by atoms with van der Waals surface area (Å²) in [5.41, 5.74) is 0.945. The highest BCUT2D eigenvalue weighted by atomic mass is 35.5. The molecule has 6 heteroatoms. The largest absolute Gasteiger partial charge is 0.482 e. The molecule has 1 amide bonds. The number of carbonyl (C=O) groups is 1. The first-order valence-electron chi connectivity index (χ1n) is 6.64. The van der Waals surface area contributed by atoms with Crippen molar-refractivity contribution in [1.82, 2.24) is 5.32 Å². The molecule has 0 heterocycles. The molecule has 1 N–H and O–H groups in total. The van der Waals surface area contributed by atoms with E-state index in [0.717, 1.165) is 5.56 Å². The van der Waals surface area contributed by atoms with Crippen LogP contribution in [0.5, 0.6) is 5.75 Å². The summed E-state index contributed by atoms with van der Waals surface area (Å²) in [6.45, 7) is 0.292. The lowest BCUT2D eigenvalue weighted by atomic mass is 10.1. The highest BCUT2D eigenvalue weighted by Crippen LogP contribution is 2.31. The number of rotatable bonds is 6. The van der Waals surface area contributed by atoms with Crippen molar-refractivity contribution in [3.05, 3.63) is 63.9 Å². The van der Waals surface area contributed by atoms with Crippen LogP contribution < -0.4 is 10.1 Å². The fraction of sp³-hybridized carbons (Fsp3) is 0.188. The van der Waals surface area contributed by atoms with Gasteiger partial charge in [-0.2, -0.15) is 0 Å². The summed E-state index contributed by atoms with van der Waals surface area (Å²) in [6.07, 6.45) is 0.615. The predicted octanol–water partition coefficient (Wildman–Crippen LogP) is 3.87. The number of carbonyl (C=O) groups excluding carboxylic acids is 1. The number of nitrogens with one attached hydrogen (secondary N) is 1. The number of hydrogen-bond donors (Lipinski definition) is 1. The van der Waals surface area contributed by atoms with Gasteiger partial charge in [0.05, 0.1) is 5.02 Å². The average Bonchev–Trinajstić information content (AvgIpc) is 2.51. The van der Waals surface area contributed by atoms with Gasteiger partial charge >= 0.3 is 0 Å². The van der Waals surface area contributed by atoms with E-state index in [1.54, 1.807) is 30.3 Å². The molecule has 0 atom stereocenters. The zero-order valence-corrected chi connectivity index (χ0v) is 13.1. The third kappa shape index (κ3) is 4.90. The van der Waals surface area contributed by atoms with Gasteiger partial charge in [0, 0.05) is 6.54 Å². The maximum Gasteiger partial charge on any atom is 0.257 e. The molecular weight excluding hydrogens is 328 g/mol. The smallest absolute Gasteiger partial charge is 0.257 e. The lowest BCUT2D eigenvalue weighted by Gasteiger charge is -2.09. The SMILES string of the molecule is O=C(COc1cccc(Cl)c1Cl)NCCc1ccc(F)cc1. The third-order valence-corrected chi connectivity index (χ3v) is 3.73.